The molecule has 96 valence electrons. The van der Waals surface area contributed by atoms with E-state index in [4.69, 9.17) is 5.73 Å². The molecule has 2 N–H and O–H groups in total. The Morgan fingerprint density at radius 3 is 2.83 bits per heavy atom. The maximum absolute atomic E-state index is 12.4. The number of carbonyl (C=O) groups is 1. The fourth-order valence-electron chi connectivity index (χ4n) is 3.04. The molecule has 2 aliphatic rings. The van der Waals surface area contributed by atoms with Gasteiger partial charge in [-0.3, -0.25) is 4.79 Å². The lowest BCUT2D eigenvalue weighted by Gasteiger charge is -2.41. The minimum atomic E-state index is -0.0141. The van der Waals surface area contributed by atoms with Gasteiger partial charge in [-0.2, -0.15) is 0 Å². The third-order valence-electron chi connectivity index (χ3n) is 4.37. The summed E-state index contributed by atoms with van der Waals surface area (Å²) in [7, 11) is 0. The van der Waals surface area contributed by atoms with Crippen LogP contribution in [0.2, 0.25) is 0 Å². The Morgan fingerprint density at radius 1 is 1.50 bits per heavy atom. The van der Waals surface area contributed by atoms with Crippen molar-refractivity contribution in [3.8, 4) is 0 Å². The largest absolute Gasteiger partial charge is 0.335 e. The van der Waals surface area contributed by atoms with E-state index in [2.05, 4.69) is 9.97 Å². The van der Waals surface area contributed by atoms with Crippen LogP contribution in [0.3, 0.4) is 0 Å². The van der Waals surface area contributed by atoms with Gasteiger partial charge >= 0.3 is 0 Å². The molecule has 3 rings (SSSR count). The zero-order valence-corrected chi connectivity index (χ0v) is 10.6. The predicted octanol–water partition coefficient (Wildman–Crippen LogP) is 0.738. The number of aryl methyl sites for hydroxylation is 1. The van der Waals surface area contributed by atoms with Crippen LogP contribution in [0.25, 0.3) is 0 Å². The summed E-state index contributed by atoms with van der Waals surface area (Å²) in [5.74, 6) is -0.0141. The van der Waals surface area contributed by atoms with Crippen LogP contribution < -0.4 is 5.73 Å². The molecule has 5 heteroatoms. The predicted molar refractivity (Wildman–Crippen MR) is 66.9 cm³/mol. The number of nitrogens with zero attached hydrogens (tertiary/aromatic N) is 3. The van der Waals surface area contributed by atoms with Crippen molar-refractivity contribution >= 4 is 5.91 Å². The molecule has 1 aromatic heterocycles. The molecule has 1 spiro atoms. The number of likely N-dealkylation sites (tertiary alicyclic amines) is 1. The maximum atomic E-state index is 12.4. The Hall–Kier alpha value is -1.49. The lowest BCUT2D eigenvalue weighted by atomic mass is 9.66. The zero-order valence-electron chi connectivity index (χ0n) is 10.6. The van der Waals surface area contributed by atoms with Crippen LogP contribution in [-0.4, -0.2) is 39.9 Å². The molecule has 1 saturated heterocycles. The Kier molecular flexibility index (Phi) is 2.59. The van der Waals surface area contributed by atoms with E-state index in [0.29, 0.717) is 12.2 Å². The highest BCUT2D eigenvalue weighted by atomic mass is 16.2. The zero-order chi connectivity index (χ0) is 12.8. The first-order chi connectivity index (χ1) is 8.61. The minimum absolute atomic E-state index is 0.0141. The Bertz CT molecular complexity index is 484. The molecular formula is C13H18N4O. The van der Waals surface area contributed by atoms with Gasteiger partial charge in [0.05, 0.1) is 0 Å². The van der Waals surface area contributed by atoms with Gasteiger partial charge in [0.25, 0.3) is 5.91 Å². The van der Waals surface area contributed by atoms with Crippen molar-refractivity contribution in [1.82, 2.24) is 14.9 Å². The summed E-state index contributed by atoms with van der Waals surface area (Å²) >= 11 is 0. The van der Waals surface area contributed by atoms with Gasteiger partial charge < -0.3 is 10.6 Å². The van der Waals surface area contributed by atoms with Crippen molar-refractivity contribution in [2.45, 2.75) is 32.2 Å². The quantitative estimate of drug-likeness (QED) is 0.793. The lowest BCUT2D eigenvalue weighted by Crippen LogP contribution is -2.45. The number of rotatable bonds is 1. The Labute approximate surface area is 106 Å². The van der Waals surface area contributed by atoms with Gasteiger partial charge in [-0.1, -0.05) is 6.42 Å². The molecule has 18 heavy (non-hydrogen) atoms. The molecule has 2 heterocycles. The van der Waals surface area contributed by atoms with E-state index in [-0.39, 0.29) is 17.4 Å². The molecule has 1 saturated carbocycles. The number of amides is 1. The van der Waals surface area contributed by atoms with E-state index in [9.17, 15) is 4.79 Å². The summed E-state index contributed by atoms with van der Waals surface area (Å²) in [6.45, 7) is 3.31. The second kappa shape index (κ2) is 4.02. The maximum Gasteiger partial charge on any atom is 0.272 e. The normalized spacial score (nSPS) is 25.2. The van der Waals surface area contributed by atoms with Crippen molar-refractivity contribution in [1.29, 1.82) is 0 Å². The van der Waals surface area contributed by atoms with Crippen LogP contribution in [0.5, 0.6) is 0 Å². The molecule has 0 bridgehead atoms. The molecule has 1 amide bonds. The van der Waals surface area contributed by atoms with Crippen LogP contribution in [-0.2, 0) is 0 Å². The van der Waals surface area contributed by atoms with Crippen LogP contribution in [0.1, 0.15) is 35.4 Å². The number of hydrogen-bond donors (Lipinski definition) is 1. The summed E-state index contributed by atoms with van der Waals surface area (Å²) in [6, 6.07) is 1.86. The topological polar surface area (TPSA) is 72.1 Å². The highest BCUT2D eigenvalue weighted by molar-refractivity contribution is 5.92. The van der Waals surface area contributed by atoms with E-state index in [0.717, 1.165) is 25.1 Å². The molecule has 2 fully saturated rings. The molecule has 0 aromatic carbocycles. The Balaban J connectivity index is 1.78. The van der Waals surface area contributed by atoms with Crippen LogP contribution in [0.15, 0.2) is 12.4 Å². The second-order valence-electron chi connectivity index (χ2n) is 5.55. The average Bonchev–Trinajstić information content (AvgIpc) is 2.66. The summed E-state index contributed by atoms with van der Waals surface area (Å²) in [5, 5.41) is 0. The van der Waals surface area contributed by atoms with Gasteiger partial charge in [0.2, 0.25) is 0 Å². The first-order valence-electron chi connectivity index (χ1n) is 6.44. The highest BCUT2D eigenvalue weighted by Crippen LogP contribution is 2.47. The van der Waals surface area contributed by atoms with Gasteiger partial charge in [-0.05, 0) is 25.8 Å². The first kappa shape index (κ1) is 11.6. The molecule has 5 nitrogen and oxygen atoms in total. The minimum Gasteiger partial charge on any atom is -0.335 e. The Morgan fingerprint density at radius 2 is 2.28 bits per heavy atom. The second-order valence-corrected chi connectivity index (χ2v) is 5.55. The summed E-state index contributed by atoms with van der Waals surface area (Å²) < 4.78 is 0. The van der Waals surface area contributed by atoms with E-state index >= 15 is 0 Å². The highest BCUT2D eigenvalue weighted by Gasteiger charge is 2.50. The average molecular weight is 246 g/mol. The van der Waals surface area contributed by atoms with Gasteiger partial charge in [-0.15, -0.1) is 0 Å². The third kappa shape index (κ3) is 1.70. The van der Waals surface area contributed by atoms with Crippen molar-refractivity contribution < 1.29 is 4.79 Å². The third-order valence-corrected chi connectivity index (χ3v) is 4.37. The summed E-state index contributed by atoms with van der Waals surface area (Å²) in [4.78, 5) is 22.3. The van der Waals surface area contributed by atoms with Gasteiger partial charge in [0.15, 0.2) is 0 Å². The first-order valence-corrected chi connectivity index (χ1v) is 6.44. The molecule has 1 atom stereocenters. The van der Waals surface area contributed by atoms with E-state index < -0.39 is 0 Å². The van der Waals surface area contributed by atoms with E-state index in [1.807, 2.05) is 11.8 Å². The summed E-state index contributed by atoms with van der Waals surface area (Å²) in [5.41, 5.74) is 7.67. The monoisotopic (exact) mass is 246 g/mol. The lowest BCUT2D eigenvalue weighted by molar-refractivity contribution is 0.0721. The number of hydrogen-bond acceptors (Lipinski definition) is 4. The SMILES string of the molecule is Cc1cc(C(=O)N2CC(N)C3(CCC3)C2)ncn1. The van der Waals surface area contributed by atoms with Crippen molar-refractivity contribution in [2.24, 2.45) is 11.1 Å². The summed E-state index contributed by atoms with van der Waals surface area (Å²) in [6.07, 6.45) is 4.99. The van der Waals surface area contributed by atoms with Crippen LogP contribution >= 0.6 is 0 Å². The smallest absolute Gasteiger partial charge is 0.272 e. The molecule has 1 aliphatic carbocycles. The molecular weight excluding hydrogens is 228 g/mol. The van der Waals surface area contributed by atoms with Gasteiger partial charge in [0, 0.05) is 30.2 Å². The van der Waals surface area contributed by atoms with Crippen molar-refractivity contribution in [3.63, 3.8) is 0 Å². The van der Waals surface area contributed by atoms with Crippen LogP contribution in [0, 0.1) is 12.3 Å². The van der Waals surface area contributed by atoms with Crippen molar-refractivity contribution in [2.75, 3.05) is 13.1 Å². The van der Waals surface area contributed by atoms with Crippen molar-refractivity contribution in [3.05, 3.63) is 23.8 Å². The number of nitrogens with two attached hydrogens (primary N) is 1. The van der Waals surface area contributed by atoms with Gasteiger partial charge in [0.1, 0.15) is 12.0 Å². The number of carbonyl (C=O) groups excluding carboxylic acids is 1. The molecule has 1 aliphatic heterocycles. The van der Waals surface area contributed by atoms with Crippen LogP contribution in [0.4, 0.5) is 0 Å². The van der Waals surface area contributed by atoms with E-state index in [1.165, 1.54) is 12.7 Å². The van der Waals surface area contributed by atoms with Gasteiger partial charge in [-0.25, -0.2) is 9.97 Å². The molecule has 1 aromatic rings. The fourth-order valence-corrected chi connectivity index (χ4v) is 3.04. The van der Waals surface area contributed by atoms with E-state index in [1.54, 1.807) is 6.07 Å². The fraction of sp³-hybridized carbons (Fsp3) is 0.615. The molecule has 0 radical (unpaired) electrons. The molecule has 1 unspecified atom stereocenters. The number of aromatic nitrogens is 2. The standard InChI is InChI=1S/C13H18N4O/c1-9-5-10(16-8-15-9)12(18)17-6-11(14)13(7-17)3-2-4-13/h5,8,11H,2-4,6-7,14H2,1H3.